The Morgan fingerprint density at radius 3 is 2.51 bits per heavy atom. The fourth-order valence-corrected chi connectivity index (χ4v) is 3.58. The molecule has 2 amide bonds. The average Bonchev–Trinajstić information content (AvgIpc) is 2.80. The summed E-state index contributed by atoms with van der Waals surface area (Å²) < 4.78 is 5.33. The van der Waals surface area contributed by atoms with E-state index >= 15 is 0 Å². The number of allylic oxidation sites excluding steroid dienone is 5. The molecule has 1 heterocycles. The molecule has 0 radical (unpaired) electrons. The molecule has 204 valence electrons. The number of carbonyl (C=O) groups is 3. The monoisotopic (exact) mass is 532 g/mol. The van der Waals surface area contributed by atoms with Gasteiger partial charge in [-0.25, -0.2) is 4.79 Å². The van der Waals surface area contributed by atoms with Crippen molar-refractivity contribution in [3.8, 4) is 0 Å². The number of rotatable bonds is 12. The first-order chi connectivity index (χ1) is 17.3. The van der Waals surface area contributed by atoms with Crippen LogP contribution >= 0.6 is 11.6 Å². The lowest BCUT2D eigenvalue weighted by Crippen LogP contribution is -2.52. The van der Waals surface area contributed by atoms with Crippen LogP contribution in [-0.2, 0) is 19.1 Å². The van der Waals surface area contributed by atoms with E-state index in [1.807, 2.05) is 52.8 Å². The Morgan fingerprint density at radius 1 is 1.22 bits per heavy atom. The summed E-state index contributed by atoms with van der Waals surface area (Å²) >= 11 is 5.76. The van der Waals surface area contributed by atoms with Crippen LogP contribution in [0.2, 0.25) is 0 Å². The van der Waals surface area contributed by atoms with Crippen molar-refractivity contribution in [3.63, 3.8) is 0 Å². The van der Waals surface area contributed by atoms with Gasteiger partial charge in [0.05, 0.1) is 6.10 Å². The highest BCUT2D eigenvalue weighted by Gasteiger charge is 2.31. The Kier molecular flexibility index (Phi) is 13.9. The van der Waals surface area contributed by atoms with Crippen LogP contribution in [0, 0.1) is 11.3 Å². The summed E-state index contributed by atoms with van der Waals surface area (Å²) in [6.07, 6.45) is 17.4. The zero-order valence-electron chi connectivity index (χ0n) is 22.7. The molecular weight excluding hydrogens is 492 g/mol. The molecule has 1 aliphatic rings. The minimum atomic E-state index is -0.764. The fourth-order valence-electron chi connectivity index (χ4n) is 3.49. The third kappa shape index (κ3) is 13.8. The van der Waals surface area contributed by atoms with Gasteiger partial charge in [0, 0.05) is 29.5 Å². The summed E-state index contributed by atoms with van der Waals surface area (Å²) in [6, 6.07) is -0.764. The van der Waals surface area contributed by atoms with Gasteiger partial charge in [-0.05, 0) is 38.3 Å². The third-order valence-electron chi connectivity index (χ3n) is 5.56. The first kappa shape index (κ1) is 32.1. The lowest BCUT2D eigenvalue weighted by atomic mass is 9.86. The summed E-state index contributed by atoms with van der Waals surface area (Å²) in [5, 5.41) is 16.0. The molecule has 8 heteroatoms. The molecule has 0 bridgehead atoms. The van der Waals surface area contributed by atoms with Gasteiger partial charge >= 0.3 is 5.97 Å². The normalized spacial score (nSPS) is 19.8. The molecule has 4 atom stereocenters. The molecule has 0 saturated carbocycles. The number of aliphatic hydroxyl groups excluding tert-OH is 1. The Labute approximate surface area is 226 Å². The van der Waals surface area contributed by atoms with Crippen LogP contribution in [0.25, 0.3) is 0 Å². The summed E-state index contributed by atoms with van der Waals surface area (Å²) in [7, 11) is 0. The van der Waals surface area contributed by atoms with Gasteiger partial charge in [-0.1, -0.05) is 87.4 Å². The fraction of sp³-hybridized carbons (Fsp3) is 0.483. The number of cyclic esters (lactones) is 1. The van der Waals surface area contributed by atoms with Gasteiger partial charge in [-0.3, -0.25) is 9.59 Å². The molecule has 1 aliphatic heterocycles. The maximum absolute atomic E-state index is 12.7. The first-order valence-corrected chi connectivity index (χ1v) is 12.8. The number of aliphatic hydroxyl groups is 1. The molecule has 0 aromatic carbocycles. The molecule has 0 aromatic rings. The molecule has 0 aromatic heterocycles. The number of hydrogen-bond donors (Lipinski definition) is 3. The quantitative estimate of drug-likeness (QED) is 0.186. The van der Waals surface area contributed by atoms with Crippen molar-refractivity contribution in [1.29, 1.82) is 0 Å². The second kappa shape index (κ2) is 16.0. The predicted molar refractivity (Wildman–Crippen MR) is 148 cm³/mol. The summed E-state index contributed by atoms with van der Waals surface area (Å²) in [6.45, 7) is 11.3. The SMILES string of the molecule is C/C(Cl)=C\CC(O)C/C=C\NC(=O)[C@@H](NC(=O)\C=C/C=C\C(C)=C\[C@H](C)C1CC=CC(=O)O1)C(C)(C)C. The van der Waals surface area contributed by atoms with Gasteiger partial charge in [-0.15, -0.1) is 0 Å². The van der Waals surface area contributed by atoms with Gasteiger partial charge in [-0.2, -0.15) is 0 Å². The molecule has 1 rings (SSSR count). The van der Waals surface area contributed by atoms with Crippen molar-refractivity contribution >= 4 is 29.4 Å². The minimum Gasteiger partial charge on any atom is -0.458 e. The van der Waals surface area contributed by atoms with Crippen LogP contribution in [0.15, 0.2) is 71.5 Å². The summed E-state index contributed by atoms with van der Waals surface area (Å²) in [5.74, 6) is -1.00. The number of ether oxygens (including phenoxy) is 1. The zero-order chi connectivity index (χ0) is 28.0. The Balaban J connectivity index is 2.62. The number of amides is 2. The Bertz CT molecular complexity index is 965. The molecule has 0 spiro atoms. The molecule has 0 fully saturated rings. The van der Waals surface area contributed by atoms with Gasteiger partial charge in [0.2, 0.25) is 11.8 Å². The second-order valence-electron chi connectivity index (χ2n) is 10.2. The lowest BCUT2D eigenvalue weighted by Gasteiger charge is -2.29. The maximum Gasteiger partial charge on any atom is 0.330 e. The molecular formula is C29H41ClN2O5. The van der Waals surface area contributed by atoms with E-state index in [-0.39, 0.29) is 23.9 Å². The summed E-state index contributed by atoms with van der Waals surface area (Å²) in [4.78, 5) is 36.6. The molecule has 7 nitrogen and oxygen atoms in total. The van der Waals surface area contributed by atoms with Crippen LogP contribution in [0.5, 0.6) is 0 Å². The zero-order valence-corrected chi connectivity index (χ0v) is 23.4. The number of carbonyl (C=O) groups excluding carboxylic acids is 3. The highest BCUT2D eigenvalue weighted by atomic mass is 35.5. The van der Waals surface area contributed by atoms with E-state index in [1.165, 1.54) is 18.4 Å². The van der Waals surface area contributed by atoms with Crippen molar-refractivity contribution in [2.75, 3.05) is 0 Å². The van der Waals surface area contributed by atoms with Gasteiger partial charge in [0.1, 0.15) is 12.1 Å². The van der Waals surface area contributed by atoms with Crippen LogP contribution in [0.4, 0.5) is 0 Å². The highest BCUT2D eigenvalue weighted by Crippen LogP contribution is 2.20. The van der Waals surface area contributed by atoms with Crippen molar-refractivity contribution in [3.05, 3.63) is 71.5 Å². The van der Waals surface area contributed by atoms with Crippen LogP contribution in [0.1, 0.15) is 60.8 Å². The number of nitrogens with one attached hydrogen (secondary N) is 2. The molecule has 2 unspecified atom stereocenters. The van der Waals surface area contributed by atoms with Crippen LogP contribution in [-0.4, -0.2) is 41.1 Å². The number of halogens is 1. The largest absolute Gasteiger partial charge is 0.458 e. The predicted octanol–water partition coefficient (Wildman–Crippen LogP) is 5.00. The van der Waals surface area contributed by atoms with E-state index in [9.17, 15) is 19.5 Å². The van der Waals surface area contributed by atoms with Crippen molar-refractivity contribution in [1.82, 2.24) is 10.6 Å². The Morgan fingerprint density at radius 2 is 1.89 bits per heavy atom. The van der Waals surface area contributed by atoms with Crippen LogP contribution in [0.3, 0.4) is 0 Å². The van der Waals surface area contributed by atoms with E-state index in [4.69, 9.17) is 16.3 Å². The standard InChI is InChI=1S/C29H41ClN2O5/c1-20(19-21(2)24-13-9-15-26(35)37-24)11-7-8-14-25(34)32-27(29(4,5)6)28(36)31-18-10-12-23(33)17-16-22(3)30/h7-11,14-16,18-19,21,23-24,27,33H,12-13,17H2,1-6H3,(H,31,36)(H,32,34)/b11-7-,14-8-,18-10-,20-19+,22-16+/t21-,23?,24?,27+/m0/s1. The van der Waals surface area contributed by atoms with E-state index in [0.29, 0.717) is 24.3 Å². The number of hydrogen-bond acceptors (Lipinski definition) is 5. The first-order valence-electron chi connectivity index (χ1n) is 12.5. The average molecular weight is 533 g/mol. The maximum atomic E-state index is 12.7. The topological polar surface area (TPSA) is 105 Å². The highest BCUT2D eigenvalue weighted by molar-refractivity contribution is 6.29. The van der Waals surface area contributed by atoms with Crippen molar-refractivity contribution < 1.29 is 24.2 Å². The van der Waals surface area contributed by atoms with Crippen molar-refractivity contribution in [2.24, 2.45) is 11.3 Å². The third-order valence-corrected chi connectivity index (χ3v) is 5.71. The Hall–Kier alpha value is -2.90. The van der Waals surface area contributed by atoms with Crippen molar-refractivity contribution in [2.45, 2.75) is 79.1 Å². The lowest BCUT2D eigenvalue weighted by molar-refractivity contribution is -0.145. The molecule has 0 saturated heterocycles. The van der Waals surface area contributed by atoms with Gasteiger partial charge < -0.3 is 20.5 Å². The van der Waals surface area contributed by atoms with E-state index in [1.54, 1.807) is 31.2 Å². The van der Waals surface area contributed by atoms with Gasteiger partial charge in [0.25, 0.3) is 0 Å². The van der Waals surface area contributed by atoms with Crippen LogP contribution < -0.4 is 10.6 Å². The van der Waals surface area contributed by atoms with Gasteiger partial charge in [0.15, 0.2) is 0 Å². The summed E-state index contributed by atoms with van der Waals surface area (Å²) in [5.41, 5.74) is 0.452. The molecule has 0 aliphatic carbocycles. The minimum absolute atomic E-state index is 0.0564. The number of esters is 1. The van der Waals surface area contributed by atoms with E-state index in [0.717, 1.165) is 5.57 Å². The second-order valence-corrected chi connectivity index (χ2v) is 10.8. The smallest absolute Gasteiger partial charge is 0.330 e. The van der Waals surface area contributed by atoms with E-state index < -0.39 is 23.5 Å². The molecule has 37 heavy (non-hydrogen) atoms. The molecule has 3 N–H and O–H groups in total. The van der Waals surface area contributed by atoms with E-state index in [2.05, 4.69) is 10.6 Å².